The van der Waals surface area contributed by atoms with Crippen LogP contribution in [0.1, 0.15) is 13.3 Å². The molecule has 0 aromatic carbocycles. The van der Waals surface area contributed by atoms with Crippen molar-refractivity contribution in [1.29, 1.82) is 0 Å². The first-order valence-corrected chi connectivity index (χ1v) is 7.09. The highest BCUT2D eigenvalue weighted by Crippen LogP contribution is 2.13. The Morgan fingerprint density at radius 3 is 2.67 bits per heavy atom. The molecule has 0 radical (unpaired) electrons. The van der Waals surface area contributed by atoms with Crippen molar-refractivity contribution < 1.29 is 4.79 Å². The quantitative estimate of drug-likeness (QED) is 0.700. The fourth-order valence-corrected chi connectivity index (χ4v) is 2.70. The summed E-state index contributed by atoms with van der Waals surface area (Å²) in [6.45, 7) is 9.36. The van der Waals surface area contributed by atoms with Gasteiger partial charge in [0.1, 0.15) is 0 Å². The third-order valence-electron chi connectivity index (χ3n) is 4.14. The fraction of sp³-hybridized carbons (Fsp3) is 0.923. The normalized spacial score (nSPS) is 30.6. The lowest BCUT2D eigenvalue weighted by molar-refractivity contribution is -0.123. The highest BCUT2D eigenvalue weighted by Gasteiger charge is 2.28. The Hall–Kier alpha value is -0.650. The average molecular weight is 254 g/mol. The van der Waals surface area contributed by atoms with Crippen molar-refractivity contribution in [3.8, 4) is 0 Å². The molecular weight excluding hydrogens is 228 g/mol. The molecule has 5 heteroatoms. The predicted octanol–water partition coefficient (Wildman–Crippen LogP) is -0.652. The Morgan fingerprint density at radius 2 is 2.06 bits per heavy atom. The summed E-state index contributed by atoms with van der Waals surface area (Å²) >= 11 is 0. The lowest BCUT2D eigenvalue weighted by Gasteiger charge is -2.32. The molecule has 0 aliphatic carbocycles. The van der Waals surface area contributed by atoms with Crippen LogP contribution in [-0.4, -0.2) is 74.6 Å². The van der Waals surface area contributed by atoms with Crippen molar-refractivity contribution in [3.05, 3.63) is 0 Å². The van der Waals surface area contributed by atoms with Gasteiger partial charge in [0, 0.05) is 39.3 Å². The third-order valence-corrected chi connectivity index (χ3v) is 4.14. The molecule has 18 heavy (non-hydrogen) atoms. The molecule has 0 aromatic heterocycles. The SMILES string of the molecule is CC1CCNC1C(=O)NCCN1CCN(C)CC1. The fourth-order valence-electron chi connectivity index (χ4n) is 2.70. The van der Waals surface area contributed by atoms with Gasteiger partial charge < -0.3 is 15.5 Å². The second kappa shape index (κ2) is 6.50. The van der Waals surface area contributed by atoms with Gasteiger partial charge in [0.25, 0.3) is 0 Å². The van der Waals surface area contributed by atoms with Crippen LogP contribution in [-0.2, 0) is 4.79 Å². The van der Waals surface area contributed by atoms with Crippen LogP contribution in [0.3, 0.4) is 0 Å². The lowest BCUT2D eigenvalue weighted by Crippen LogP contribution is -2.49. The Morgan fingerprint density at radius 1 is 1.33 bits per heavy atom. The van der Waals surface area contributed by atoms with E-state index in [1.807, 2.05) is 0 Å². The van der Waals surface area contributed by atoms with Gasteiger partial charge in [-0.25, -0.2) is 0 Å². The maximum Gasteiger partial charge on any atom is 0.237 e. The number of rotatable bonds is 4. The van der Waals surface area contributed by atoms with Crippen LogP contribution in [0.4, 0.5) is 0 Å². The van der Waals surface area contributed by atoms with Gasteiger partial charge in [-0.3, -0.25) is 9.69 Å². The van der Waals surface area contributed by atoms with Gasteiger partial charge in [-0.1, -0.05) is 6.92 Å². The van der Waals surface area contributed by atoms with Gasteiger partial charge in [0.2, 0.25) is 5.91 Å². The number of carbonyl (C=O) groups is 1. The minimum absolute atomic E-state index is 0.0255. The number of carbonyl (C=O) groups excluding carboxylic acids is 1. The first-order valence-electron chi connectivity index (χ1n) is 7.09. The Bertz CT molecular complexity index is 276. The highest BCUT2D eigenvalue weighted by atomic mass is 16.2. The van der Waals surface area contributed by atoms with Crippen molar-refractivity contribution in [1.82, 2.24) is 20.4 Å². The summed E-state index contributed by atoms with van der Waals surface area (Å²) in [5.74, 6) is 0.641. The molecule has 2 N–H and O–H groups in total. The molecule has 2 fully saturated rings. The molecule has 2 aliphatic heterocycles. The summed E-state index contributed by atoms with van der Waals surface area (Å²) < 4.78 is 0. The molecule has 1 amide bonds. The van der Waals surface area contributed by atoms with E-state index in [-0.39, 0.29) is 11.9 Å². The van der Waals surface area contributed by atoms with Crippen LogP contribution in [0.5, 0.6) is 0 Å². The van der Waals surface area contributed by atoms with Gasteiger partial charge >= 0.3 is 0 Å². The van der Waals surface area contributed by atoms with E-state index < -0.39 is 0 Å². The van der Waals surface area contributed by atoms with Crippen LogP contribution in [0, 0.1) is 5.92 Å². The van der Waals surface area contributed by atoms with E-state index >= 15 is 0 Å². The summed E-state index contributed by atoms with van der Waals surface area (Å²) in [7, 11) is 2.16. The number of hydrogen-bond donors (Lipinski definition) is 2. The molecule has 0 aromatic rings. The highest BCUT2D eigenvalue weighted by molar-refractivity contribution is 5.82. The van der Waals surface area contributed by atoms with Gasteiger partial charge in [-0.05, 0) is 25.9 Å². The van der Waals surface area contributed by atoms with Crippen molar-refractivity contribution in [2.24, 2.45) is 5.92 Å². The zero-order chi connectivity index (χ0) is 13.0. The molecular formula is C13H26N4O. The Balaban J connectivity index is 1.61. The molecule has 2 rings (SSSR count). The van der Waals surface area contributed by atoms with Crippen LogP contribution in [0.25, 0.3) is 0 Å². The molecule has 2 aliphatic rings. The molecule has 0 spiro atoms. The Kier molecular flexibility index (Phi) is 4.97. The van der Waals surface area contributed by atoms with E-state index in [9.17, 15) is 4.79 Å². The number of hydrogen-bond acceptors (Lipinski definition) is 4. The predicted molar refractivity (Wildman–Crippen MR) is 72.5 cm³/mol. The van der Waals surface area contributed by atoms with Crippen molar-refractivity contribution in [2.75, 3.05) is 52.9 Å². The number of nitrogens with zero attached hydrogens (tertiary/aromatic N) is 2. The zero-order valence-corrected chi connectivity index (χ0v) is 11.6. The Labute approximate surface area is 110 Å². The van der Waals surface area contributed by atoms with Gasteiger partial charge in [-0.2, -0.15) is 0 Å². The number of piperazine rings is 1. The van der Waals surface area contributed by atoms with Crippen molar-refractivity contribution in [3.63, 3.8) is 0 Å². The van der Waals surface area contributed by atoms with Crippen LogP contribution in [0.2, 0.25) is 0 Å². The third kappa shape index (κ3) is 3.67. The summed E-state index contributed by atoms with van der Waals surface area (Å²) in [4.78, 5) is 16.7. The van der Waals surface area contributed by atoms with Gasteiger partial charge in [0.15, 0.2) is 0 Å². The van der Waals surface area contributed by atoms with Crippen molar-refractivity contribution >= 4 is 5.91 Å². The number of amides is 1. The molecule has 0 saturated carbocycles. The first-order chi connectivity index (χ1) is 8.66. The van der Waals surface area contributed by atoms with E-state index in [2.05, 4.69) is 34.4 Å². The molecule has 0 bridgehead atoms. The number of nitrogens with one attached hydrogen (secondary N) is 2. The smallest absolute Gasteiger partial charge is 0.237 e. The molecule has 5 nitrogen and oxygen atoms in total. The molecule has 2 unspecified atom stereocenters. The van der Waals surface area contributed by atoms with Crippen LogP contribution in [0.15, 0.2) is 0 Å². The summed E-state index contributed by atoms with van der Waals surface area (Å²) in [5.41, 5.74) is 0. The van der Waals surface area contributed by atoms with E-state index in [0.717, 1.165) is 52.2 Å². The van der Waals surface area contributed by atoms with Crippen molar-refractivity contribution in [2.45, 2.75) is 19.4 Å². The van der Waals surface area contributed by atoms with E-state index in [4.69, 9.17) is 0 Å². The molecule has 2 atom stereocenters. The monoisotopic (exact) mass is 254 g/mol. The minimum Gasteiger partial charge on any atom is -0.353 e. The van der Waals surface area contributed by atoms with Crippen LogP contribution < -0.4 is 10.6 Å². The molecule has 2 heterocycles. The maximum absolute atomic E-state index is 11.9. The molecule has 2 saturated heterocycles. The summed E-state index contributed by atoms with van der Waals surface area (Å²) in [6.07, 6.45) is 1.11. The lowest BCUT2D eigenvalue weighted by atomic mass is 10.0. The van der Waals surface area contributed by atoms with Crippen LogP contribution >= 0.6 is 0 Å². The van der Waals surface area contributed by atoms with E-state index in [1.54, 1.807) is 0 Å². The summed E-state index contributed by atoms with van der Waals surface area (Å²) in [5, 5.41) is 6.32. The second-order valence-corrected chi connectivity index (χ2v) is 5.63. The standard InChI is InChI=1S/C13H26N4O/c1-11-3-4-14-12(11)13(18)15-5-6-17-9-7-16(2)8-10-17/h11-12,14H,3-10H2,1-2H3,(H,15,18). The van der Waals surface area contributed by atoms with Gasteiger partial charge in [0.05, 0.1) is 6.04 Å². The zero-order valence-electron chi connectivity index (χ0n) is 11.6. The minimum atomic E-state index is 0.0255. The average Bonchev–Trinajstić information content (AvgIpc) is 2.78. The largest absolute Gasteiger partial charge is 0.353 e. The maximum atomic E-state index is 11.9. The molecule has 104 valence electrons. The summed E-state index contributed by atoms with van der Waals surface area (Å²) in [6, 6.07) is 0.0255. The van der Waals surface area contributed by atoms with E-state index in [1.165, 1.54) is 0 Å². The van der Waals surface area contributed by atoms with Gasteiger partial charge in [-0.15, -0.1) is 0 Å². The number of likely N-dealkylation sites (N-methyl/N-ethyl adjacent to an activating group) is 1. The first kappa shape index (κ1) is 13.8. The second-order valence-electron chi connectivity index (χ2n) is 5.63. The van der Waals surface area contributed by atoms with E-state index in [0.29, 0.717) is 5.92 Å². The topological polar surface area (TPSA) is 47.6 Å².